The van der Waals surface area contributed by atoms with Crippen molar-refractivity contribution in [1.29, 1.82) is 0 Å². The first kappa shape index (κ1) is 12.0. The van der Waals surface area contributed by atoms with Gasteiger partial charge in [0, 0.05) is 18.0 Å². The molecule has 17 heavy (non-hydrogen) atoms. The van der Waals surface area contributed by atoms with Crippen molar-refractivity contribution in [3.8, 4) is 11.5 Å². The summed E-state index contributed by atoms with van der Waals surface area (Å²) in [6, 6.07) is 2.93. The van der Waals surface area contributed by atoms with Crippen molar-refractivity contribution in [3.05, 3.63) is 23.8 Å². The van der Waals surface area contributed by atoms with Crippen LogP contribution in [0.2, 0.25) is 0 Å². The monoisotopic (exact) mass is 251 g/mol. The Hall–Kier alpha value is -1.50. The SMILES string of the molecule is N[C@H](CC(F)F)c1cccc2c1OC(F)(F)O2. The maximum Gasteiger partial charge on any atom is 0.586 e. The maximum atomic E-state index is 12.8. The highest BCUT2D eigenvalue weighted by atomic mass is 19.3. The van der Waals surface area contributed by atoms with E-state index in [9.17, 15) is 17.6 Å². The predicted molar refractivity (Wildman–Crippen MR) is 50.2 cm³/mol. The maximum absolute atomic E-state index is 12.8. The Kier molecular flexibility index (Phi) is 2.86. The second kappa shape index (κ2) is 4.06. The van der Waals surface area contributed by atoms with E-state index in [0.29, 0.717) is 0 Å². The Morgan fingerprint density at radius 2 is 1.94 bits per heavy atom. The minimum Gasteiger partial charge on any atom is -0.395 e. The number of benzene rings is 1. The zero-order valence-corrected chi connectivity index (χ0v) is 8.50. The Labute approximate surface area is 94.1 Å². The van der Waals surface area contributed by atoms with Gasteiger partial charge in [-0.2, -0.15) is 0 Å². The molecule has 0 fully saturated rings. The highest BCUT2D eigenvalue weighted by Crippen LogP contribution is 2.45. The molecule has 0 aromatic heterocycles. The van der Waals surface area contributed by atoms with Crippen molar-refractivity contribution in [3.63, 3.8) is 0 Å². The molecule has 0 unspecified atom stereocenters. The van der Waals surface area contributed by atoms with E-state index in [2.05, 4.69) is 9.47 Å². The van der Waals surface area contributed by atoms with Crippen molar-refractivity contribution < 1.29 is 27.0 Å². The van der Waals surface area contributed by atoms with E-state index in [0.717, 1.165) is 0 Å². The molecule has 2 rings (SSSR count). The Balaban J connectivity index is 2.29. The molecule has 0 radical (unpaired) electrons. The molecule has 1 aliphatic heterocycles. The van der Waals surface area contributed by atoms with Crippen molar-refractivity contribution in [2.75, 3.05) is 0 Å². The van der Waals surface area contributed by atoms with Crippen molar-refractivity contribution >= 4 is 0 Å². The highest BCUT2D eigenvalue weighted by Gasteiger charge is 2.44. The Bertz CT molecular complexity index is 425. The average Bonchev–Trinajstić information content (AvgIpc) is 2.49. The summed E-state index contributed by atoms with van der Waals surface area (Å²) in [7, 11) is 0. The lowest BCUT2D eigenvalue weighted by atomic mass is 10.0. The topological polar surface area (TPSA) is 44.5 Å². The lowest BCUT2D eigenvalue weighted by Gasteiger charge is -2.13. The third-order valence-electron chi connectivity index (χ3n) is 2.29. The zero-order chi connectivity index (χ0) is 12.6. The van der Waals surface area contributed by atoms with Gasteiger partial charge >= 0.3 is 6.29 Å². The summed E-state index contributed by atoms with van der Waals surface area (Å²) in [4.78, 5) is 0. The molecule has 94 valence electrons. The molecule has 2 N–H and O–H groups in total. The molecule has 3 nitrogen and oxygen atoms in total. The van der Waals surface area contributed by atoms with Gasteiger partial charge in [0.05, 0.1) is 0 Å². The van der Waals surface area contributed by atoms with Gasteiger partial charge in [-0.1, -0.05) is 12.1 Å². The number of halogens is 4. The minimum absolute atomic E-state index is 0.0833. The first-order valence-corrected chi connectivity index (χ1v) is 4.81. The lowest BCUT2D eigenvalue weighted by Crippen LogP contribution is -2.26. The summed E-state index contributed by atoms with van der Waals surface area (Å²) in [6.45, 7) is 0. The number of nitrogens with two attached hydrogens (primary N) is 1. The van der Waals surface area contributed by atoms with Crippen LogP contribution in [0.5, 0.6) is 11.5 Å². The van der Waals surface area contributed by atoms with Crippen LogP contribution in [-0.4, -0.2) is 12.7 Å². The number of rotatable bonds is 3. The van der Waals surface area contributed by atoms with Crippen LogP contribution in [0.15, 0.2) is 18.2 Å². The van der Waals surface area contributed by atoms with Gasteiger partial charge < -0.3 is 15.2 Å². The minimum atomic E-state index is -3.77. The molecule has 1 heterocycles. The van der Waals surface area contributed by atoms with Crippen LogP contribution in [0.3, 0.4) is 0 Å². The van der Waals surface area contributed by atoms with Crippen LogP contribution in [0.4, 0.5) is 17.6 Å². The first-order chi connectivity index (χ1) is 7.89. The predicted octanol–water partition coefficient (Wildman–Crippen LogP) is 2.66. The molecule has 7 heteroatoms. The third kappa shape index (κ3) is 2.44. The van der Waals surface area contributed by atoms with Crippen LogP contribution >= 0.6 is 0 Å². The fourth-order valence-corrected chi connectivity index (χ4v) is 1.60. The molecule has 1 aromatic carbocycles. The largest absolute Gasteiger partial charge is 0.586 e. The Morgan fingerprint density at radius 3 is 2.59 bits per heavy atom. The fraction of sp³-hybridized carbons (Fsp3) is 0.400. The van der Waals surface area contributed by atoms with Gasteiger partial charge in [0.25, 0.3) is 0 Å². The summed E-state index contributed by atoms with van der Waals surface area (Å²) in [5.41, 5.74) is 5.58. The summed E-state index contributed by atoms with van der Waals surface area (Å²) >= 11 is 0. The van der Waals surface area contributed by atoms with Crippen LogP contribution < -0.4 is 15.2 Å². The molecule has 1 aromatic rings. The molecule has 1 aliphatic rings. The second-order valence-corrected chi connectivity index (χ2v) is 3.58. The quantitative estimate of drug-likeness (QED) is 0.840. The summed E-state index contributed by atoms with van der Waals surface area (Å²) < 4.78 is 58.4. The van der Waals surface area contributed by atoms with E-state index in [4.69, 9.17) is 5.73 Å². The molecule has 0 aliphatic carbocycles. The lowest BCUT2D eigenvalue weighted by molar-refractivity contribution is -0.287. The van der Waals surface area contributed by atoms with Crippen molar-refractivity contribution in [1.82, 2.24) is 0 Å². The van der Waals surface area contributed by atoms with Crippen LogP contribution in [0, 0.1) is 0 Å². The van der Waals surface area contributed by atoms with E-state index < -0.39 is 25.2 Å². The first-order valence-electron chi connectivity index (χ1n) is 4.81. The summed E-state index contributed by atoms with van der Waals surface area (Å²) in [5, 5.41) is 0. The average molecular weight is 251 g/mol. The number of hydrogen-bond acceptors (Lipinski definition) is 3. The molecule has 0 spiro atoms. The number of fused-ring (bicyclic) bond motifs is 1. The third-order valence-corrected chi connectivity index (χ3v) is 2.29. The smallest absolute Gasteiger partial charge is 0.395 e. The van der Waals surface area contributed by atoms with Gasteiger partial charge in [-0.3, -0.25) is 0 Å². The van der Waals surface area contributed by atoms with Crippen LogP contribution in [0.1, 0.15) is 18.0 Å². The van der Waals surface area contributed by atoms with Gasteiger partial charge in [-0.25, -0.2) is 8.78 Å². The van der Waals surface area contributed by atoms with E-state index in [1.807, 2.05) is 0 Å². The standard InChI is InChI=1S/C10H9F4NO2/c11-8(12)4-6(15)5-2-1-3-7-9(5)17-10(13,14)16-7/h1-3,6,8H,4,15H2/t6-/m1/s1. The molecular formula is C10H9F4NO2. The van der Waals surface area contributed by atoms with Crippen molar-refractivity contribution in [2.24, 2.45) is 5.73 Å². The molecule has 0 saturated heterocycles. The van der Waals surface area contributed by atoms with E-state index >= 15 is 0 Å². The van der Waals surface area contributed by atoms with E-state index in [-0.39, 0.29) is 17.1 Å². The molecule has 0 saturated carbocycles. The molecule has 0 amide bonds. The van der Waals surface area contributed by atoms with Gasteiger partial charge in [-0.05, 0) is 6.07 Å². The normalized spacial score (nSPS) is 18.5. The summed E-state index contributed by atoms with van der Waals surface area (Å²) in [5.74, 6) is -0.470. The molecular weight excluding hydrogens is 242 g/mol. The van der Waals surface area contributed by atoms with E-state index in [1.54, 1.807) is 0 Å². The fourth-order valence-electron chi connectivity index (χ4n) is 1.60. The second-order valence-electron chi connectivity index (χ2n) is 3.58. The molecule has 0 bridgehead atoms. The van der Waals surface area contributed by atoms with Crippen molar-refractivity contribution in [2.45, 2.75) is 25.2 Å². The van der Waals surface area contributed by atoms with Crippen LogP contribution in [0.25, 0.3) is 0 Å². The number of ether oxygens (including phenoxy) is 2. The van der Waals surface area contributed by atoms with Gasteiger partial charge in [0.2, 0.25) is 6.43 Å². The van der Waals surface area contributed by atoms with Gasteiger partial charge in [-0.15, -0.1) is 8.78 Å². The van der Waals surface area contributed by atoms with Crippen LogP contribution in [-0.2, 0) is 0 Å². The Morgan fingerprint density at radius 1 is 1.24 bits per heavy atom. The van der Waals surface area contributed by atoms with E-state index in [1.165, 1.54) is 18.2 Å². The highest BCUT2D eigenvalue weighted by molar-refractivity contribution is 5.50. The molecule has 1 atom stereocenters. The van der Waals surface area contributed by atoms with Gasteiger partial charge in [0.15, 0.2) is 11.5 Å². The number of hydrogen-bond donors (Lipinski definition) is 1. The number of para-hydroxylation sites is 1. The number of alkyl halides is 4. The summed E-state index contributed by atoms with van der Waals surface area (Å²) in [6.07, 6.45) is -7.03. The van der Waals surface area contributed by atoms with Gasteiger partial charge in [0.1, 0.15) is 0 Å². The zero-order valence-electron chi connectivity index (χ0n) is 8.50.